The summed E-state index contributed by atoms with van der Waals surface area (Å²) in [5, 5.41) is 12.3. The van der Waals surface area contributed by atoms with Crippen LogP contribution in [0.25, 0.3) is 0 Å². The van der Waals surface area contributed by atoms with Gasteiger partial charge in [-0.15, -0.1) is 0 Å². The molecule has 0 aromatic heterocycles. The smallest absolute Gasteiger partial charge is 0.258 e. The summed E-state index contributed by atoms with van der Waals surface area (Å²) in [6.07, 6.45) is -0.386. The number of nitrogens with zero attached hydrogens (tertiary/aromatic N) is 2. The number of hydrogen-bond donors (Lipinski definition) is 1. The predicted octanol–water partition coefficient (Wildman–Crippen LogP) is 4.67. The van der Waals surface area contributed by atoms with Crippen LogP contribution in [0.4, 0.5) is 5.69 Å². The molecule has 1 aliphatic heterocycles. The fraction of sp³-hybridized carbons (Fsp3) is 0.200. The van der Waals surface area contributed by atoms with Gasteiger partial charge in [0, 0.05) is 12.2 Å². The highest BCUT2D eigenvalue weighted by Gasteiger charge is 2.33. The van der Waals surface area contributed by atoms with Crippen molar-refractivity contribution in [3.63, 3.8) is 0 Å². The number of carbonyl (C=O) groups excluding carboxylic acids is 1. The van der Waals surface area contributed by atoms with Gasteiger partial charge in [0.2, 0.25) is 0 Å². The molecule has 4 rings (SSSR count). The summed E-state index contributed by atoms with van der Waals surface area (Å²) in [4.78, 5) is 15.2. The second kappa shape index (κ2) is 8.80. The van der Waals surface area contributed by atoms with Crippen LogP contribution in [0.3, 0.4) is 0 Å². The third kappa shape index (κ3) is 4.17. The van der Waals surface area contributed by atoms with Crippen LogP contribution >= 0.6 is 0 Å². The number of methoxy groups -OCH3 is 1. The molecule has 1 amide bonds. The molecule has 0 saturated carbocycles. The molecule has 0 spiro atoms. The van der Waals surface area contributed by atoms with Crippen molar-refractivity contribution in [1.82, 2.24) is 4.90 Å². The van der Waals surface area contributed by atoms with Gasteiger partial charge in [-0.2, -0.15) is 5.26 Å². The maximum Gasteiger partial charge on any atom is 0.258 e. The largest absolute Gasteiger partial charge is 0.493 e. The average Bonchev–Trinajstić information content (AvgIpc) is 2.80. The van der Waals surface area contributed by atoms with Gasteiger partial charge in [-0.05, 0) is 42.3 Å². The molecule has 1 heterocycles. The number of rotatable bonds is 6. The number of nitrogens with one attached hydrogen (secondary N) is 1. The van der Waals surface area contributed by atoms with Crippen LogP contribution in [-0.4, -0.2) is 24.5 Å². The lowest BCUT2D eigenvalue weighted by Gasteiger charge is -2.38. The summed E-state index contributed by atoms with van der Waals surface area (Å²) < 4.78 is 10.9. The number of hydrogen-bond acceptors (Lipinski definition) is 5. The van der Waals surface area contributed by atoms with Crippen molar-refractivity contribution in [2.24, 2.45) is 0 Å². The van der Waals surface area contributed by atoms with E-state index in [1.165, 1.54) is 5.56 Å². The summed E-state index contributed by atoms with van der Waals surface area (Å²) in [5.41, 5.74) is 4.52. The highest BCUT2D eigenvalue weighted by Crippen LogP contribution is 2.37. The lowest BCUT2D eigenvalue weighted by Crippen LogP contribution is -2.42. The highest BCUT2D eigenvalue weighted by atomic mass is 16.5. The molecule has 156 valence electrons. The van der Waals surface area contributed by atoms with Crippen molar-refractivity contribution in [3.8, 4) is 17.6 Å². The topological polar surface area (TPSA) is 74.6 Å². The minimum absolute atomic E-state index is 0.0382. The van der Waals surface area contributed by atoms with Crippen LogP contribution in [0.1, 0.15) is 33.2 Å². The van der Waals surface area contributed by atoms with E-state index in [4.69, 9.17) is 14.7 Å². The molecule has 0 fully saturated rings. The molecule has 1 aliphatic rings. The van der Waals surface area contributed by atoms with Crippen molar-refractivity contribution in [2.45, 2.75) is 19.6 Å². The molecule has 0 saturated heterocycles. The Bertz CT molecular complexity index is 1140. The van der Waals surface area contributed by atoms with Gasteiger partial charge in [-0.25, -0.2) is 0 Å². The van der Waals surface area contributed by atoms with Crippen molar-refractivity contribution in [2.75, 3.05) is 19.0 Å². The molecule has 3 aromatic rings. The first-order valence-corrected chi connectivity index (χ1v) is 10.0. The second-order valence-electron chi connectivity index (χ2n) is 7.37. The van der Waals surface area contributed by atoms with Crippen molar-refractivity contribution in [1.29, 1.82) is 5.26 Å². The van der Waals surface area contributed by atoms with E-state index in [1.807, 2.05) is 78.6 Å². The van der Waals surface area contributed by atoms with E-state index in [0.29, 0.717) is 23.6 Å². The number of para-hydroxylation sites is 1. The Labute approximate surface area is 181 Å². The zero-order chi connectivity index (χ0) is 21.8. The van der Waals surface area contributed by atoms with Crippen LogP contribution in [0.15, 0.2) is 66.7 Å². The molecule has 6 heteroatoms. The maximum atomic E-state index is 13.4. The number of anilines is 1. The van der Waals surface area contributed by atoms with E-state index >= 15 is 0 Å². The van der Waals surface area contributed by atoms with Crippen LogP contribution in [0.2, 0.25) is 0 Å². The Balaban J connectivity index is 1.73. The lowest BCUT2D eigenvalue weighted by atomic mass is 10.0. The number of aryl methyl sites for hydroxylation is 1. The number of carbonyl (C=O) groups is 1. The Morgan fingerprint density at radius 3 is 2.58 bits per heavy atom. The summed E-state index contributed by atoms with van der Waals surface area (Å²) in [6, 6.07) is 23.1. The fourth-order valence-electron chi connectivity index (χ4n) is 3.69. The second-order valence-corrected chi connectivity index (χ2v) is 7.37. The highest BCUT2D eigenvalue weighted by molar-refractivity contribution is 6.01. The quantitative estimate of drug-likeness (QED) is 0.635. The number of fused-ring (bicyclic) bond motifs is 1. The van der Waals surface area contributed by atoms with Gasteiger partial charge < -0.3 is 19.7 Å². The molecular weight excluding hydrogens is 390 g/mol. The summed E-state index contributed by atoms with van der Waals surface area (Å²) >= 11 is 0. The van der Waals surface area contributed by atoms with Gasteiger partial charge >= 0.3 is 0 Å². The van der Waals surface area contributed by atoms with E-state index in [0.717, 1.165) is 16.8 Å². The van der Waals surface area contributed by atoms with Gasteiger partial charge in [0.1, 0.15) is 12.2 Å². The van der Waals surface area contributed by atoms with E-state index in [9.17, 15) is 4.79 Å². The number of nitriles is 1. The van der Waals surface area contributed by atoms with Crippen LogP contribution in [-0.2, 0) is 6.54 Å². The first-order chi connectivity index (χ1) is 15.1. The zero-order valence-electron chi connectivity index (χ0n) is 17.5. The van der Waals surface area contributed by atoms with Crippen molar-refractivity contribution in [3.05, 3.63) is 89.0 Å². The monoisotopic (exact) mass is 413 g/mol. The normalized spacial score (nSPS) is 14.9. The van der Waals surface area contributed by atoms with E-state index in [1.54, 1.807) is 13.2 Å². The van der Waals surface area contributed by atoms with Crippen molar-refractivity contribution < 1.29 is 14.3 Å². The Morgan fingerprint density at radius 2 is 1.84 bits per heavy atom. The number of benzene rings is 3. The molecule has 0 radical (unpaired) electrons. The Morgan fingerprint density at radius 1 is 1.06 bits per heavy atom. The molecule has 3 aromatic carbocycles. The van der Waals surface area contributed by atoms with Gasteiger partial charge in [-0.1, -0.05) is 48.0 Å². The van der Waals surface area contributed by atoms with Gasteiger partial charge in [-0.3, -0.25) is 4.79 Å². The third-order valence-electron chi connectivity index (χ3n) is 5.29. The molecule has 0 bridgehead atoms. The summed E-state index contributed by atoms with van der Waals surface area (Å²) in [5.74, 6) is 0.959. The van der Waals surface area contributed by atoms with Gasteiger partial charge in [0.05, 0.1) is 12.7 Å². The van der Waals surface area contributed by atoms with Crippen molar-refractivity contribution >= 4 is 11.6 Å². The maximum absolute atomic E-state index is 13.4. The number of ether oxygens (including phenoxy) is 2. The van der Waals surface area contributed by atoms with Crippen LogP contribution in [0.5, 0.6) is 11.5 Å². The molecule has 0 aliphatic carbocycles. The Hall–Kier alpha value is -3.98. The third-order valence-corrected chi connectivity index (χ3v) is 5.29. The first kappa shape index (κ1) is 20.3. The zero-order valence-corrected chi connectivity index (χ0v) is 17.5. The minimum atomic E-state index is -0.386. The number of amides is 1. The molecule has 1 atom stereocenters. The average molecular weight is 413 g/mol. The van der Waals surface area contributed by atoms with Gasteiger partial charge in [0.25, 0.3) is 5.91 Å². The molecular formula is C25H23N3O3. The van der Waals surface area contributed by atoms with Crippen LogP contribution < -0.4 is 14.8 Å². The molecule has 31 heavy (non-hydrogen) atoms. The summed E-state index contributed by atoms with van der Waals surface area (Å²) in [6.45, 7) is 2.43. The fourth-order valence-corrected chi connectivity index (χ4v) is 3.69. The minimum Gasteiger partial charge on any atom is -0.493 e. The molecule has 1 N–H and O–H groups in total. The SMILES string of the molecule is COc1cc([C@@H]2Nc3ccccc3C(=O)N2Cc2ccc(C)cc2)ccc1OCC#N. The first-order valence-electron chi connectivity index (χ1n) is 10.0. The van der Waals surface area contributed by atoms with Crippen LogP contribution in [0, 0.1) is 18.3 Å². The Kier molecular flexibility index (Phi) is 5.76. The predicted molar refractivity (Wildman–Crippen MR) is 118 cm³/mol. The summed E-state index contributed by atoms with van der Waals surface area (Å²) in [7, 11) is 1.55. The standard InChI is InChI=1S/C25H23N3O3/c1-17-7-9-18(10-8-17)16-28-24(27-21-6-4-3-5-20(21)25(28)29)19-11-12-22(31-14-13-26)23(15-19)30-2/h3-12,15,24,27H,14,16H2,1-2H3/t24-/m1/s1. The molecule has 6 nitrogen and oxygen atoms in total. The lowest BCUT2D eigenvalue weighted by molar-refractivity contribution is 0.0666. The van der Waals surface area contributed by atoms with Gasteiger partial charge in [0.15, 0.2) is 18.1 Å². The van der Waals surface area contributed by atoms with E-state index in [2.05, 4.69) is 5.32 Å². The van der Waals surface area contributed by atoms with E-state index < -0.39 is 0 Å². The molecule has 0 unspecified atom stereocenters. The van der Waals surface area contributed by atoms with E-state index in [-0.39, 0.29) is 18.7 Å².